The molecule has 3 aromatic heterocycles. The van der Waals surface area contributed by atoms with Crippen molar-refractivity contribution in [3.63, 3.8) is 0 Å². The van der Waals surface area contributed by atoms with Crippen LogP contribution in [0.25, 0.3) is 32.8 Å². The van der Waals surface area contributed by atoms with Crippen molar-refractivity contribution in [2.45, 2.75) is 46.1 Å². The molecule has 5 aromatic rings. The molecule has 3 heterocycles. The number of phenols is 1. The van der Waals surface area contributed by atoms with Crippen LogP contribution in [0.1, 0.15) is 34.4 Å². The Hall–Kier alpha value is -4.53. The van der Waals surface area contributed by atoms with E-state index in [4.69, 9.17) is 8.83 Å². The molecule has 9 nitrogen and oxygen atoms in total. The lowest BCUT2D eigenvalue weighted by Gasteiger charge is -2.15. The monoisotopic (exact) mass is 502 g/mol. The maximum absolute atomic E-state index is 12.7. The van der Waals surface area contributed by atoms with Crippen molar-refractivity contribution in [2.75, 3.05) is 0 Å². The average Bonchev–Trinajstić information content (AvgIpc) is 3.36. The molecule has 0 radical (unpaired) electrons. The molecule has 2 aromatic carbocycles. The zero-order chi connectivity index (χ0) is 26.4. The van der Waals surface area contributed by atoms with Crippen molar-refractivity contribution in [1.29, 1.82) is 0 Å². The number of carbonyl (C=O) groups is 2. The minimum atomic E-state index is -1.18. The summed E-state index contributed by atoms with van der Waals surface area (Å²) in [6.45, 7) is 5.65. The van der Waals surface area contributed by atoms with E-state index in [0.717, 1.165) is 27.6 Å². The molecule has 190 valence electrons. The highest BCUT2D eigenvalue weighted by Crippen LogP contribution is 2.31. The SMILES string of the molecule is Cc1oc2cc3oc(=O)c(CCC(=O)N[C@@H](Cc4c[nH]c5ccc(O)cc45)C(=O)O)c(C)c3cc2c1C. The van der Waals surface area contributed by atoms with Crippen molar-refractivity contribution in [3.8, 4) is 5.75 Å². The van der Waals surface area contributed by atoms with Gasteiger partial charge in [-0.2, -0.15) is 0 Å². The fourth-order valence-corrected chi connectivity index (χ4v) is 4.77. The van der Waals surface area contributed by atoms with E-state index in [1.165, 1.54) is 6.07 Å². The fourth-order valence-electron chi connectivity index (χ4n) is 4.77. The van der Waals surface area contributed by atoms with E-state index in [0.29, 0.717) is 33.2 Å². The quantitative estimate of drug-likeness (QED) is 0.241. The number of furan rings is 1. The fraction of sp³-hybridized carbons (Fsp3) is 0.250. The molecule has 0 unspecified atom stereocenters. The Morgan fingerprint density at radius 1 is 1.00 bits per heavy atom. The number of hydrogen-bond donors (Lipinski definition) is 4. The number of aryl methyl sites for hydroxylation is 3. The van der Waals surface area contributed by atoms with Gasteiger partial charge in [0, 0.05) is 52.3 Å². The highest BCUT2D eigenvalue weighted by Gasteiger charge is 2.23. The van der Waals surface area contributed by atoms with Gasteiger partial charge < -0.3 is 29.3 Å². The second-order valence-corrected chi connectivity index (χ2v) is 9.33. The van der Waals surface area contributed by atoms with Crippen LogP contribution < -0.4 is 10.9 Å². The van der Waals surface area contributed by atoms with Gasteiger partial charge in [0.25, 0.3) is 0 Å². The maximum atomic E-state index is 12.7. The Labute approximate surface area is 210 Å². The van der Waals surface area contributed by atoms with Gasteiger partial charge in [-0.25, -0.2) is 9.59 Å². The van der Waals surface area contributed by atoms with Crippen molar-refractivity contribution >= 4 is 44.7 Å². The number of benzene rings is 2. The Morgan fingerprint density at radius 2 is 1.73 bits per heavy atom. The first-order valence-corrected chi connectivity index (χ1v) is 11.9. The number of fused-ring (bicyclic) bond motifs is 3. The number of carbonyl (C=O) groups excluding carboxylic acids is 1. The van der Waals surface area contributed by atoms with Crippen molar-refractivity contribution in [2.24, 2.45) is 0 Å². The summed E-state index contributed by atoms with van der Waals surface area (Å²) in [6, 6.07) is 7.23. The third-order valence-corrected chi connectivity index (χ3v) is 6.99. The second kappa shape index (κ2) is 9.16. The lowest BCUT2D eigenvalue weighted by atomic mass is 10.00. The number of aromatic nitrogens is 1. The Kier molecular flexibility index (Phi) is 5.99. The van der Waals surface area contributed by atoms with Crippen molar-refractivity contribution < 1.29 is 28.6 Å². The third kappa shape index (κ3) is 4.44. The van der Waals surface area contributed by atoms with Crippen LogP contribution in [0.5, 0.6) is 5.75 Å². The maximum Gasteiger partial charge on any atom is 0.339 e. The molecule has 1 atom stereocenters. The van der Waals surface area contributed by atoms with Crippen LogP contribution in [0.4, 0.5) is 0 Å². The van der Waals surface area contributed by atoms with Crippen LogP contribution in [0.2, 0.25) is 0 Å². The first-order valence-electron chi connectivity index (χ1n) is 11.9. The predicted octanol–water partition coefficient (Wildman–Crippen LogP) is 4.40. The van der Waals surface area contributed by atoms with Gasteiger partial charge in [-0.15, -0.1) is 0 Å². The molecule has 0 saturated heterocycles. The highest BCUT2D eigenvalue weighted by molar-refractivity contribution is 5.97. The van der Waals surface area contributed by atoms with Crippen LogP contribution >= 0.6 is 0 Å². The summed E-state index contributed by atoms with van der Waals surface area (Å²) < 4.78 is 11.3. The normalized spacial score (nSPS) is 12.4. The molecule has 9 heteroatoms. The summed E-state index contributed by atoms with van der Waals surface area (Å²) in [6.07, 6.45) is 1.71. The van der Waals surface area contributed by atoms with E-state index in [1.807, 2.05) is 26.8 Å². The molecular formula is C28H26N2O7. The number of amides is 1. The number of aromatic hydroxyl groups is 1. The van der Waals surface area contributed by atoms with E-state index in [1.54, 1.807) is 24.4 Å². The number of nitrogens with one attached hydrogen (secondary N) is 2. The topological polar surface area (TPSA) is 146 Å². The van der Waals surface area contributed by atoms with Gasteiger partial charge in [0.15, 0.2) is 0 Å². The molecule has 0 spiro atoms. The van der Waals surface area contributed by atoms with Gasteiger partial charge in [-0.3, -0.25) is 4.79 Å². The molecule has 0 aliphatic carbocycles. The average molecular weight is 503 g/mol. The lowest BCUT2D eigenvalue weighted by Crippen LogP contribution is -2.42. The predicted molar refractivity (Wildman–Crippen MR) is 138 cm³/mol. The van der Waals surface area contributed by atoms with Crippen LogP contribution in [0, 0.1) is 20.8 Å². The lowest BCUT2D eigenvalue weighted by molar-refractivity contribution is -0.141. The highest BCUT2D eigenvalue weighted by atomic mass is 16.4. The second-order valence-electron chi connectivity index (χ2n) is 9.33. The van der Waals surface area contributed by atoms with Crippen LogP contribution in [-0.2, 0) is 22.4 Å². The van der Waals surface area contributed by atoms with Gasteiger partial charge in [-0.1, -0.05) is 0 Å². The van der Waals surface area contributed by atoms with E-state index in [2.05, 4.69) is 10.3 Å². The number of phenolic OH excluding ortho intramolecular Hbond substituents is 1. The molecule has 37 heavy (non-hydrogen) atoms. The summed E-state index contributed by atoms with van der Waals surface area (Å²) in [4.78, 5) is 40.4. The Morgan fingerprint density at radius 3 is 2.49 bits per heavy atom. The van der Waals surface area contributed by atoms with Crippen LogP contribution in [-0.4, -0.2) is 33.1 Å². The number of aromatic amines is 1. The van der Waals surface area contributed by atoms with Gasteiger partial charge in [0.1, 0.15) is 28.7 Å². The number of H-pyrrole nitrogens is 1. The molecule has 0 bridgehead atoms. The van der Waals surface area contributed by atoms with Crippen LogP contribution in [0.3, 0.4) is 0 Å². The number of hydrogen-bond acceptors (Lipinski definition) is 6. The zero-order valence-electron chi connectivity index (χ0n) is 20.6. The first-order chi connectivity index (χ1) is 17.6. The molecule has 1 amide bonds. The molecule has 0 saturated carbocycles. The smallest absolute Gasteiger partial charge is 0.339 e. The summed E-state index contributed by atoms with van der Waals surface area (Å²) in [7, 11) is 0. The molecule has 0 fully saturated rings. The number of carboxylic acids is 1. The summed E-state index contributed by atoms with van der Waals surface area (Å²) in [5.74, 6) is -0.822. The minimum absolute atomic E-state index is 0.0289. The van der Waals surface area contributed by atoms with Gasteiger partial charge in [0.05, 0.1) is 0 Å². The van der Waals surface area contributed by atoms with E-state index >= 15 is 0 Å². The summed E-state index contributed by atoms with van der Waals surface area (Å²) in [5.41, 5.74) is 4.01. The summed E-state index contributed by atoms with van der Waals surface area (Å²) in [5, 5.41) is 24.4. The molecular weight excluding hydrogens is 476 g/mol. The Bertz CT molecular complexity index is 1760. The largest absolute Gasteiger partial charge is 0.508 e. The van der Waals surface area contributed by atoms with Crippen molar-refractivity contribution in [1.82, 2.24) is 10.3 Å². The van der Waals surface area contributed by atoms with Gasteiger partial charge >= 0.3 is 11.6 Å². The molecule has 0 aliphatic heterocycles. The van der Waals surface area contributed by atoms with Crippen LogP contribution in [0.15, 0.2) is 50.2 Å². The van der Waals surface area contributed by atoms with E-state index in [-0.39, 0.29) is 25.0 Å². The van der Waals surface area contributed by atoms with Gasteiger partial charge in [-0.05, 0) is 68.1 Å². The Balaban J connectivity index is 1.34. The van der Waals surface area contributed by atoms with E-state index < -0.39 is 23.5 Å². The summed E-state index contributed by atoms with van der Waals surface area (Å²) >= 11 is 0. The molecule has 4 N–H and O–H groups in total. The third-order valence-electron chi connectivity index (χ3n) is 6.99. The van der Waals surface area contributed by atoms with Gasteiger partial charge in [0.2, 0.25) is 5.91 Å². The molecule has 5 rings (SSSR count). The van der Waals surface area contributed by atoms with E-state index in [9.17, 15) is 24.6 Å². The standard InChI is InChI=1S/C28H26N2O7/c1-13-15(3)36-24-11-25-20(10-19(13)24)14(2)18(28(35)37-25)5-7-26(32)30-23(27(33)34)8-16-12-29-22-6-4-17(31)9-21(16)22/h4,6,9-12,23,29,31H,5,7-8H2,1-3H3,(H,30,32)(H,33,34)/t23-/m0/s1. The number of rotatable bonds is 7. The number of aliphatic carboxylic acids is 1. The number of carboxylic acid groups (broad SMARTS) is 1. The molecule has 0 aliphatic rings. The van der Waals surface area contributed by atoms with Crippen molar-refractivity contribution in [3.05, 3.63) is 75.0 Å². The zero-order valence-corrected chi connectivity index (χ0v) is 20.6. The first kappa shape index (κ1) is 24.2. The minimum Gasteiger partial charge on any atom is -0.508 e.